The Kier molecular flexibility index (Phi) is 8.32. The lowest BCUT2D eigenvalue weighted by Crippen LogP contribution is -2.16. The Bertz CT molecular complexity index is 1230. The number of pyridine rings is 1. The molecule has 0 saturated heterocycles. The van der Waals surface area contributed by atoms with Crippen molar-refractivity contribution < 1.29 is 4.79 Å². The lowest BCUT2D eigenvalue weighted by Gasteiger charge is -2.14. The van der Waals surface area contributed by atoms with Gasteiger partial charge in [0, 0.05) is 35.6 Å². The minimum Gasteiger partial charge on any atom is -0.398 e. The highest BCUT2D eigenvalue weighted by Crippen LogP contribution is 2.26. The van der Waals surface area contributed by atoms with Gasteiger partial charge in [0.25, 0.3) is 5.56 Å². The van der Waals surface area contributed by atoms with Gasteiger partial charge in [0.2, 0.25) is 5.78 Å². The van der Waals surface area contributed by atoms with Crippen LogP contribution in [-0.2, 0) is 6.54 Å². The predicted octanol–water partition coefficient (Wildman–Crippen LogP) is 3.61. The molecule has 1 aromatic carbocycles. The Balaban J connectivity index is 1.92. The van der Waals surface area contributed by atoms with E-state index in [1.165, 1.54) is 12.3 Å². The highest BCUT2D eigenvalue weighted by Gasteiger charge is 2.17. The van der Waals surface area contributed by atoms with Crippen molar-refractivity contribution in [1.82, 2.24) is 20.3 Å². The number of nitrogen functional groups attached to an aromatic ring is 1. The number of nitrogens with one attached hydrogen (secondary N) is 2. The summed E-state index contributed by atoms with van der Waals surface area (Å²) < 4.78 is 0. The molecule has 0 aliphatic heterocycles. The molecule has 0 fully saturated rings. The molecule has 0 radical (unpaired) electrons. The minimum absolute atomic E-state index is 0.0144. The fraction of sp³-hybridized carbons (Fsp3) is 0.308. The summed E-state index contributed by atoms with van der Waals surface area (Å²) in [5.41, 5.74) is 16.0. The number of hydrogen-bond donors (Lipinski definition) is 4. The molecule has 3 rings (SSSR count). The minimum atomic E-state index is -0.439. The molecule has 1 unspecified atom stereocenters. The van der Waals surface area contributed by atoms with E-state index in [9.17, 15) is 9.59 Å². The van der Waals surface area contributed by atoms with Crippen LogP contribution in [0.2, 0.25) is 0 Å². The lowest BCUT2D eigenvalue weighted by atomic mass is 9.92. The molecule has 0 amide bonds. The van der Waals surface area contributed by atoms with Crippen LogP contribution < -0.4 is 22.3 Å². The third-order valence-corrected chi connectivity index (χ3v) is 5.79. The second-order valence-corrected chi connectivity index (χ2v) is 8.25. The molecule has 8 heteroatoms. The smallest absolute Gasteiger partial charge is 0.251 e. The van der Waals surface area contributed by atoms with Gasteiger partial charge < -0.3 is 21.8 Å². The van der Waals surface area contributed by atoms with E-state index in [1.807, 2.05) is 37.4 Å². The van der Waals surface area contributed by atoms with Crippen LogP contribution in [0.4, 0.5) is 5.82 Å². The molecule has 1 atom stereocenters. The molecule has 0 bridgehead atoms. The van der Waals surface area contributed by atoms with E-state index >= 15 is 0 Å². The number of anilines is 1. The van der Waals surface area contributed by atoms with Crippen molar-refractivity contribution in [2.75, 3.05) is 12.8 Å². The van der Waals surface area contributed by atoms with Crippen molar-refractivity contribution >= 4 is 17.3 Å². The van der Waals surface area contributed by atoms with E-state index in [2.05, 4.69) is 34.1 Å². The number of nitrogens with zero attached hydrogens (tertiary/aromatic N) is 2. The van der Waals surface area contributed by atoms with Crippen molar-refractivity contribution in [3.8, 4) is 11.3 Å². The Labute approximate surface area is 199 Å². The van der Waals surface area contributed by atoms with Crippen LogP contribution in [0.1, 0.15) is 66.2 Å². The normalized spacial score (nSPS) is 12.5. The van der Waals surface area contributed by atoms with Gasteiger partial charge in [0.15, 0.2) is 11.5 Å². The van der Waals surface area contributed by atoms with E-state index in [-0.39, 0.29) is 23.0 Å². The zero-order valence-corrected chi connectivity index (χ0v) is 19.9. The zero-order valence-electron chi connectivity index (χ0n) is 19.9. The molecule has 0 spiro atoms. The SMILES string of the molecule is CCCC(CC)c1cc(-c2cnc(N)c(C(=O)C=C(N)c3ccc(CNC)cc3)n2)c[nH]c1=O. The lowest BCUT2D eigenvalue weighted by molar-refractivity contribution is 0.104. The monoisotopic (exact) mass is 460 g/mol. The van der Waals surface area contributed by atoms with Crippen molar-refractivity contribution in [2.45, 2.75) is 45.6 Å². The topological polar surface area (TPSA) is 140 Å². The average molecular weight is 461 g/mol. The summed E-state index contributed by atoms with van der Waals surface area (Å²) in [6.45, 7) is 4.91. The largest absolute Gasteiger partial charge is 0.398 e. The first-order chi connectivity index (χ1) is 16.4. The Morgan fingerprint density at radius 2 is 1.97 bits per heavy atom. The number of benzene rings is 1. The van der Waals surface area contributed by atoms with Crippen molar-refractivity contribution in [2.24, 2.45) is 5.73 Å². The van der Waals surface area contributed by atoms with Crippen molar-refractivity contribution in [3.63, 3.8) is 0 Å². The van der Waals surface area contributed by atoms with Crippen LogP contribution >= 0.6 is 0 Å². The average Bonchev–Trinajstić information content (AvgIpc) is 2.84. The maximum atomic E-state index is 13.0. The number of carbonyl (C=O) groups is 1. The van der Waals surface area contributed by atoms with Gasteiger partial charge in [-0.3, -0.25) is 9.59 Å². The van der Waals surface area contributed by atoms with Gasteiger partial charge in [-0.1, -0.05) is 44.5 Å². The first-order valence-corrected chi connectivity index (χ1v) is 11.5. The highest BCUT2D eigenvalue weighted by atomic mass is 16.1. The molecular weight excluding hydrogens is 428 g/mol. The molecule has 0 aliphatic rings. The quantitative estimate of drug-likeness (QED) is 0.268. The molecule has 0 saturated carbocycles. The Hall–Kier alpha value is -3.78. The van der Waals surface area contributed by atoms with Gasteiger partial charge in [-0.05, 0) is 43.0 Å². The molecular formula is C26H32N6O2. The number of nitrogens with two attached hydrogens (primary N) is 2. The highest BCUT2D eigenvalue weighted by molar-refractivity contribution is 6.09. The number of rotatable bonds is 10. The zero-order chi connectivity index (χ0) is 24.7. The summed E-state index contributed by atoms with van der Waals surface area (Å²) in [7, 11) is 1.88. The van der Waals surface area contributed by atoms with Gasteiger partial charge in [-0.25, -0.2) is 9.97 Å². The van der Waals surface area contributed by atoms with Crippen LogP contribution in [0, 0.1) is 0 Å². The van der Waals surface area contributed by atoms with Gasteiger partial charge in [0.05, 0.1) is 11.9 Å². The first-order valence-electron chi connectivity index (χ1n) is 11.5. The molecule has 178 valence electrons. The van der Waals surface area contributed by atoms with Gasteiger partial charge in [-0.2, -0.15) is 0 Å². The third kappa shape index (κ3) is 5.77. The van der Waals surface area contributed by atoms with Gasteiger partial charge in [-0.15, -0.1) is 0 Å². The standard InChI is InChI=1S/C26H32N6O2/c1-4-6-17(5-2)20-11-19(14-31-26(20)34)22-15-30-25(28)24(32-22)23(33)12-21(27)18-9-7-16(8-10-18)13-29-3/h7-12,14-15,17,29H,4-6,13,27H2,1-3H3,(H2,28,30)(H,31,34). The molecule has 34 heavy (non-hydrogen) atoms. The summed E-state index contributed by atoms with van der Waals surface area (Å²) in [6.07, 6.45) is 7.14. The second-order valence-electron chi connectivity index (χ2n) is 8.25. The summed E-state index contributed by atoms with van der Waals surface area (Å²) >= 11 is 0. The molecule has 2 heterocycles. The van der Waals surface area contributed by atoms with Crippen molar-refractivity contribution in [1.29, 1.82) is 0 Å². The molecule has 6 N–H and O–H groups in total. The molecule has 0 aliphatic carbocycles. The fourth-order valence-corrected chi connectivity index (χ4v) is 3.91. The van der Waals surface area contributed by atoms with Crippen LogP contribution in [-0.4, -0.2) is 27.8 Å². The molecule has 3 aromatic rings. The summed E-state index contributed by atoms with van der Waals surface area (Å²) in [5.74, 6) is -0.270. The second kappa shape index (κ2) is 11.4. The van der Waals surface area contributed by atoms with Crippen LogP contribution in [0.3, 0.4) is 0 Å². The van der Waals surface area contributed by atoms with Crippen molar-refractivity contribution in [3.05, 3.63) is 81.5 Å². The van der Waals surface area contributed by atoms with E-state index < -0.39 is 5.78 Å². The molecule has 8 nitrogen and oxygen atoms in total. The van der Waals surface area contributed by atoms with Crippen LogP contribution in [0.25, 0.3) is 17.0 Å². The summed E-state index contributed by atoms with van der Waals surface area (Å²) in [5, 5.41) is 3.08. The number of aromatic amines is 1. The molecule has 2 aromatic heterocycles. The fourth-order valence-electron chi connectivity index (χ4n) is 3.91. The van der Waals surface area contributed by atoms with E-state index in [0.717, 1.165) is 36.9 Å². The number of hydrogen-bond acceptors (Lipinski definition) is 7. The van der Waals surface area contributed by atoms with E-state index in [0.29, 0.717) is 22.5 Å². The van der Waals surface area contributed by atoms with Crippen LogP contribution in [0.15, 0.2) is 53.6 Å². The summed E-state index contributed by atoms with van der Waals surface area (Å²) in [4.78, 5) is 36.8. The number of carbonyl (C=O) groups excluding carboxylic acids is 1. The number of aromatic nitrogens is 3. The maximum absolute atomic E-state index is 13.0. The van der Waals surface area contributed by atoms with Gasteiger partial charge >= 0.3 is 0 Å². The third-order valence-electron chi connectivity index (χ3n) is 5.79. The Morgan fingerprint density at radius 3 is 2.62 bits per heavy atom. The number of allylic oxidation sites excluding steroid dienone is 1. The van der Waals surface area contributed by atoms with E-state index in [4.69, 9.17) is 11.5 Å². The summed E-state index contributed by atoms with van der Waals surface area (Å²) in [6, 6.07) is 9.44. The maximum Gasteiger partial charge on any atom is 0.251 e. The number of H-pyrrole nitrogens is 1. The predicted molar refractivity (Wildman–Crippen MR) is 136 cm³/mol. The first kappa shape index (κ1) is 24.9. The van der Waals surface area contributed by atoms with Crippen LogP contribution in [0.5, 0.6) is 0 Å². The number of ketones is 1. The van der Waals surface area contributed by atoms with Gasteiger partial charge in [0.1, 0.15) is 0 Å². The Morgan fingerprint density at radius 1 is 1.24 bits per heavy atom. The van der Waals surface area contributed by atoms with E-state index in [1.54, 1.807) is 6.20 Å².